The number of aryl methyl sites for hydroxylation is 1. The molecule has 2 aliphatic rings. The van der Waals surface area contributed by atoms with Gasteiger partial charge in [0.25, 0.3) is 10.0 Å². The van der Waals surface area contributed by atoms with Crippen LogP contribution >= 0.6 is 0 Å². The minimum atomic E-state index is -3.72. The summed E-state index contributed by atoms with van der Waals surface area (Å²) in [6, 6.07) is 17.3. The summed E-state index contributed by atoms with van der Waals surface area (Å²) in [5.41, 5.74) is 0.358. The van der Waals surface area contributed by atoms with Gasteiger partial charge in [-0.25, -0.2) is 13.4 Å². The molecule has 0 saturated carbocycles. The molecule has 2 aromatic carbocycles. The molecule has 0 N–H and O–H groups in total. The third kappa shape index (κ3) is 4.46. The number of amides is 1. The molecule has 184 valence electrons. The third-order valence-corrected chi connectivity index (χ3v) is 9.10. The Morgan fingerprint density at radius 2 is 1.71 bits per heavy atom. The van der Waals surface area contributed by atoms with E-state index in [4.69, 9.17) is 4.74 Å². The average molecular weight is 495 g/mol. The van der Waals surface area contributed by atoms with E-state index in [1.54, 1.807) is 18.5 Å². The number of carbonyl (C=O) groups excluding carboxylic acids is 1. The molecule has 5 rings (SSSR count). The van der Waals surface area contributed by atoms with E-state index < -0.39 is 15.4 Å². The van der Waals surface area contributed by atoms with Crippen molar-refractivity contribution in [3.63, 3.8) is 0 Å². The first-order chi connectivity index (χ1) is 16.8. The van der Waals surface area contributed by atoms with Crippen molar-refractivity contribution in [2.75, 3.05) is 19.6 Å². The van der Waals surface area contributed by atoms with E-state index in [0.717, 1.165) is 17.1 Å². The van der Waals surface area contributed by atoms with Crippen molar-refractivity contribution >= 4 is 15.9 Å². The predicted molar refractivity (Wildman–Crippen MR) is 131 cm³/mol. The van der Waals surface area contributed by atoms with Crippen molar-refractivity contribution < 1.29 is 17.9 Å². The van der Waals surface area contributed by atoms with Gasteiger partial charge >= 0.3 is 0 Å². The molecule has 2 fully saturated rings. The SMILES string of the molecule is Cc1ncc(S(=O)(=O)N2CCCC3(CCN(Cc4ccc(Oc5ccccc5)cc4)C3=O)C2)n1C. The number of hydrogen-bond donors (Lipinski definition) is 0. The van der Waals surface area contributed by atoms with Gasteiger partial charge in [-0.05, 0) is 56.0 Å². The average Bonchev–Trinajstić information content (AvgIpc) is 3.35. The van der Waals surface area contributed by atoms with Gasteiger partial charge in [0.2, 0.25) is 5.91 Å². The number of hydrogen-bond acceptors (Lipinski definition) is 5. The number of sulfonamides is 1. The highest BCUT2D eigenvalue weighted by molar-refractivity contribution is 7.89. The van der Waals surface area contributed by atoms with Gasteiger partial charge in [0.1, 0.15) is 17.3 Å². The van der Waals surface area contributed by atoms with Gasteiger partial charge in [-0.3, -0.25) is 4.79 Å². The summed E-state index contributed by atoms with van der Waals surface area (Å²) in [6.07, 6.45) is 3.45. The molecular formula is C26H30N4O4S. The van der Waals surface area contributed by atoms with Crippen LogP contribution in [0, 0.1) is 12.3 Å². The molecule has 3 heterocycles. The lowest BCUT2D eigenvalue weighted by molar-refractivity contribution is -0.138. The molecule has 1 amide bonds. The van der Waals surface area contributed by atoms with E-state index in [0.29, 0.717) is 44.7 Å². The number of para-hydroxylation sites is 1. The van der Waals surface area contributed by atoms with Gasteiger partial charge in [0.05, 0.1) is 11.6 Å². The summed E-state index contributed by atoms with van der Waals surface area (Å²) in [6.45, 7) is 3.54. The molecule has 1 unspecified atom stereocenters. The molecule has 0 bridgehead atoms. The standard InChI is InChI=1S/C26H30N4O4S/c1-20-27-17-24(28(20)2)35(32,33)30-15-6-13-26(19-30)14-16-29(25(26)31)18-21-9-11-23(12-10-21)34-22-7-4-3-5-8-22/h3-5,7-12,17H,6,13-16,18-19H2,1-2H3. The quantitative estimate of drug-likeness (QED) is 0.521. The molecule has 1 atom stereocenters. The highest BCUT2D eigenvalue weighted by Crippen LogP contribution is 2.42. The molecule has 2 saturated heterocycles. The number of rotatable bonds is 6. The molecule has 35 heavy (non-hydrogen) atoms. The molecule has 0 radical (unpaired) electrons. The first-order valence-electron chi connectivity index (χ1n) is 11.9. The molecule has 2 aliphatic heterocycles. The van der Waals surface area contributed by atoms with Crippen LogP contribution in [-0.2, 0) is 28.4 Å². The number of likely N-dealkylation sites (tertiary alicyclic amines) is 1. The maximum Gasteiger partial charge on any atom is 0.260 e. The van der Waals surface area contributed by atoms with Crippen LogP contribution in [0.15, 0.2) is 65.8 Å². The Kier molecular flexibility index (Phi) is 6.14. The van der Waals surface area contributed by atoms with Gasteiger partial charge in [-0.15, -0.1) is 0 Å². The summed E-state index contributed by atoms with van der Waals surface area (Å²) >= 11 is 0. The van der Waals surface area contributed by atoms with Gasteiger partial charge < -0.3 is 14.2 Å². The van der Waals surface area contributed by atoms with E-state index in [-0.39, 0.29) is 17.5 Å². The minimum Gasteiger partial charge on any atom is -0.457 e. The Hall–Kier alpha value is -3.17. The summed E-state index contributed by atoms with van der Waals surface area (Å²) < 4.78 is 35.6. The summed E-state index contributed by atoms with van der Waals surface area (Å²) in [4.78, 5) is 19.5. The van der Waals surface area contributed by atoms with E-state index in [9.17, 15) is 13.2 Å². The van der Waals surface area contributed by atoms with E-state index >= 15 is 0 Å². The highest BCUT2D eigenvalue weighted by Gasteiger charge is 2.51. The molecule has 0 aliphatic carbocycles. The van der Waals surface area contributed by atoms with Crippen molar-refractivity contribution in [1.82, 2.24) is 18.8 Å². The third-order valence-electron chi connectivity index (χ3n) is 7.20. The molecule has 1 spiro atoms. The number of piperidine rings is 1. The van der Waals surface area contributed by atoms with Crippen molar-refractivity contribution in [1.29, 1.82) is 0 Å². The normalized spacial score (nSPS) is 21.1. The smallest absolute Gasteiger partial charge is 0.260 e. The van der Waals surface area contributed by atoms with Crippen LogP contribution in [0.2, 0.25) is 0 Å². The molecule has 8 nitrogen and oxygen atoms in total. The topological polar surface area (TPSA) is 84.7 Å². The molecule has 1 aromatic heterocycles. The monoisotopic (exact) mass is 494 g/mol. The number of aromatic nitrogens is 2. The minimum absolute atomic E-state index is 0.0446. The van der Waals surface area contributed by atoms with Crippen LogP contribution in [0.5, 0.6) is 11.5 Å². The van der Waals surface area contributed by atoms with Gasteiger partial charge in [0, 0.05) is 33.2 Å². The second-order valence-corrected chi connectivity index (χ2v) is 11.3. The van der Waals surface area contributed by atoms with Crippen LogP contribution < -0.4 is 4.74 Å². The molecule has 3 aromatic rings. The van der Waals surface area contributed by atoms with Crippen molar-refractivity contribution in [2.24, 2.45) is 12.5 Å². The highest BCUT2D eigenvalue weighted by atomic mass is 32.2. The number of ether oxygens (including phenoxy) is 1. The Morgan fingerprint density at radius 1 is 1.00 bits per heavy atom. The fourth-order valence-corrected chi connectivity index (χ4v) is 6.79. The lowest BCUT2D eigenvalue weighted by Crippen LogP contribution is -2.49. The van der Waals surface area contributed by atoms with Crippen LogP contribution in [0.4, 0.5) is 0 Å². The fraction of sp³-hybridized carbons (Fsp3) is 0.385. The fourth-order valence-electron chi connectivity index (χ4n) is 5.08. The zero-order valence-corrected chi connectivity index (χ0v) is 20.9. The Morgan fingerprint density at radius 3 is 2.40 bits per heavy atom. The summed E-state index contributed by atoms with van der Waals surface area (Å²) in [7, 11) is -2.01. The zero-order chi connectivity index (χ0) is 24.6. The Labute approximate surface area is 206 Å². The number of carbonyl (C=O) groups is 1. The van der Waals surface area contributed by atoms with Crippen molar-refractivity contribution in [3.8, 4) is 11.5 Å². The van der Waals surface area contributed by atoms with E-state index in [2.05, 4.69) is 4.98 Å². The largest absolute Gasteiger partial charge is 0.457 e. The lowest BCUT2D eigenvalue weighted by atomic mass is 9.79. The van der Waals surface area contributed by atoms with Crippen molar-refractivity contribution in [2.45, 2.75) is 37.8 Å². The first-order valence-corrected chi connectivity index (χ1v) is 13.3. The lowest BCUT2D eigenvalue weighted by Gasteiger charge is -2.38. The predicted octanol–water partition coefficient (Wildman–Crippen LogP) is 3.72. The maximum absolute atomic E-state index is 13.5. The number of imidazole rings is 1. The first kappa shape index (κ1) is 23.6. The van der Waals surface area contributed by atoms with Crippen LogP contribution in [0.25, 0.3) is 0 Å². The Bertz CT molecular complexity index is 1320. The van der Waals surface area contributed by atoms with Crippen LogP contribution in [0.1, 0.15) is 30.7 Å². The second-order valence-electron chi connectivity index (χ2n) is 9.46. The maximum atomic E-state index is 13.5. The molecular weight excluding hydrogens is 464 g/mol. The van der Waals surface area contributed by atoms with E-state index in [1.165, 1.54) is 10.5 Å². The van der Waals surface area contributed by atoms with Gasteiger partial charge in [-0.1, -0.05) is 30.3 Å². The summed E-state index contributed by atoms with van der Waals surface area (Å²) in [5.74, 6) is 2.19. The number of benzene rings is 2. The van der Waals surface area contributed by atoms with Crippen molar-refractivity contribution in [3.05, 3.63) is 72.2 Å². The van der Waals surface area contributed by atoms with Crippen LogP contribution in [0.3, 0.4) is 0 Å². The van der Waals surface area contributed by atoms with E-state index in [1.807, 2.05) is 59.5 Å². The number of nitrogens with zero attached hydrogens (tertiary/aromatic N) is 4. The Balaban J connectivity index is 1.27. The zero-order valence-electron chi connectivity index (χ0n) is 20.1. The second kappa shape index (κ2) is 9.13. The summed E-state index contributed by atoms with van der Waals surface area (Å²) in [5, 5.41) is 0.173. The van der Waals surface area contributed by atoms with Gasteiger partial charge in [-0.2, -0.15) is 4.31 Å². The van der Waals surface area contributed by atoms with Gasteiger partial charge in [0.15, 0.2) is 5.03 Å². The molecule has 9 heteroatoms. The van der Waals surface area contributed by atoms with Crippen LogP contribution in [-0.4, -0.2) is 52.7 Å².